The summed E-state index contributed by atoms with van der Waals surface area (Å²) in [6.07, 6.45) is 3.45. The quantitative estimate of drug-likeness (QED) is 0.202. The van der Waals surface area contributed by atoms with Crippen LogP contribution in [0.4, 0.5) is 0 Å². The molecule has 0 amide bonds. The summed E-state index contributed by atoms with van der Waals surface area (Å²) in [5.74, 6) is -6.18. The van der Waals surface area contributed by atoms with E-state index >= 15 is 0 Å². The van der Waals surface area contributed by atoms with Gasteiger partial charge in [-0.05, 0) is 13.0 Å². The average molecular weight is 342 g/mol. The Hall–Kier alpha value is -1.04. The Morgan fingerprint density at radius 1 is 1.00 bits per heavy atom. The third kappa shape index (κ3) is 15.3. The number of aliphatic carboxylic acids is 4. The molecule has 0 unspecified atom stereocenters. The van der Waals surface area contributed by atoms with Crippen LogP contribution in [0.25, 0.3) is 0 Å². The number of aliphatic hydroxyl groups is 1. The first kappa shape index (κ1) is 25.9. The molecule has 0 fully saturated rings. The Balaban J connectivity index is -0.000000348. The van der Waals surface area contributed by atoms with Gasteiger partial charge in [-0.25, -0.2) is 4.79 Å². The molecule has 118 valence electrons. The van der Waals surface area contributed by atoms with Gasteiger partial charge in [-0.15, -0.1) is 0 Å². The fourth-order valence-corrected chi connectivity index (χ4v) is 0.959. The van der Waals surface area contributed by atoms with Crippen LogP contribution < -0.4 is 56.5 Å². The number of carbonyl (C=O) groups is 4. The number of carbonyl (C=O) groups excluding carboxylic acids is 1. The van der Waals surface area contributed by atoms with Crippen molar-refractivity contribution in [2.45, 2.75) is 25.4 Å². The molecule has 4 N–H and O–H groups in total. The summed E-state index contributed by atoms with van der Waals surface area (Å²) in [6, 6.07) is 0. The predicted octanol–water partition coefficient (Wildman–Crippen LogP) is -4.38. The molecule has 9 nitrogen and oxygen atoms in total. The van der Waals surface area contributed by atoms with Crippen LogP contribution in [0.2, 0.25) is 0 Å². The Kier molecular flexibility index (Phi) is 16.0. The summed E-state index contributed by atoms with van der Waals surface area (Å²) in [6.45, 7) is 1.81. The first-order valence-electron chi connectivity index (χ1n) is 5.45. The zero-order valence-corrected chi connectivity index (χ0v) is 15.2. The monoisotopic (exact) mass is 342 g/mol. The summed E-state index contributed by atoms with van der Waals surface area (Å²) in [7, 11) is 0. The van der Waals surface area contributed by atoms with Crippen LogP contribution in [0.5, 0.6) is 0 Å². The molecule has 0 rings (SSSR count). The normalized spacial score (nSPS) is 10.5. The molecule has 0 aliphatic heterocycles. The smallest absolute Gasteiger partial charge is 0.545 e. The Morgan fingerprint density at radius 2 is 1.41 bits per heavy atom. The summed E-state index contributed by atoms with van der Waals surface area (Å²) in [4.78, 5) is 40.1. The molecule has 0 bridgehead atoms. The van der Waals surface area contributed by atoms with Gasteiger partial charge >= 0.3 is 69.3 Å². The van der Waals surface area contributed by atoms with Gasteiger partial charge in [-0.1, -0.05) is 18.2 Å². The first-order valence-corrected chi connectivity index (χ1v) is 5.45. The molecule has 0 spiro atoms. The minimum Gasteiger partial charge on any atom is -0.545 e. The van der Waals surface area contributed by atoms with E-state index < -0.39 is 42.3 Å². The number of hydrogen-bond donors (Lipinski definition) is 4. The first-order chi connectivity index (χ1) is 9.55. The van der Waals surface area contributed by atoms with E-state index in [-0.39, 0.29) is 51.4 Å². The van der Waals surface area contributed by atoms with Crippen molar-refractivity contribution >= 4 is 23.9 Å². The van der Waals surface area contributed by atoms with Crippen molar-refractivity contribution in [2.24, 2.45) is 0 Å². The molecule has 0 aliphatic carbocycles. The van der Waals surface area contributed by atoms with Gasteiger partial charge in [0.1, 0.15) is 0 Å². The van der Waals surface area contributed by atoms with Crippen LogP contribution in [0.3, 0.4) is 0 Å². The number of rotatable bonds is 7. The SMILES string of the molecule is CC=CC=CC(=O)[O-].O=C(O)CC(O)(CC(=O)O)C(=O)O.[K+]. The predicted molar refractivity (Wildman–Crippen MR) is 66.1 cm³/mol. The van der Waals surface area contributed by atoms with Gasteiger partial charge in [-0.2, -0.15) is 0 Å². The topological polar surface area (TPSA) is 172 Å². The van der Waals surface area contributed by atoms with Gasteiger partial charge in [-0.3, -0.25) is 9.59 Å². The van der Waals surface area contributed by atoms with E-state index in [1.54, 1.807) is 19.1 Å². The number of carboxylic acid groups (broad SMARTS) is 4. The third-order valence-corrected chi connectivity index (χ3v) is 1.82. The van der Waals surface area contributed by atoms with E-state index in [9.17, 15) is 24.3 Å². The van der Waals surface area contributed by atoms with Crippen molar-refractivity contribution in [1.82, 2.24) is 0 Å². The Bertz CT molecular complexity index is 438. The fraction of sp³-hybridized carbons (Fsp3) is 0.333. The molecule has 0 aliphatic rings. The summed E-state index contributed by atoms with van der Waals surface area (Å²) in [5.41, 5.74) is -2.74. The molecular weight excluding hydrogens is 327 g/mol. The summed E-state index contributed by atoms with van der Waals surface area (Å²) >= 11 is 0. The van der Waals surface area contributed by atoms with Crippen LogP contribution in [0, 0.1) is 0 Å². The van der Waals surface area contributed by atoms with E-state index in [1.807, 2.05) is 0 Å². The summed E-state index contributed by atoms with van der Waals surface area (Å²) in [5, 5.41) is 43.5. The molecule has 22 heavy (non-hydrogen) atoms. The van der Waals surface area contributed by atoms with Crippen LogP contribution in [0.1, 0.15) is 19.8 Å². The van der Waals surface area contributed by atoms with Crippen molar-refractivity contribution in [1.29, 1.82) is 0 Å². The zero-order valence-electron chi connectivity index (χ0n) is 12.1. The molecule has 0 atom stereocenters. The van der Waals surface area contributed by atoms with E-state index in [2.05, 4.69) is 0 Å². The Morgan fingerprint density at radius 3 is 1.64 bits per heavy atom. The van der Waals surface area contributed by atoms with Crippen LogP contribution in [-0.4, -0.2) is 49.9 Å². The third-order valence-electron chi connectivity index (χ3n) is 1.82. The molecule has 0 radical (unpaired) electrons. The standard InChI is InChI=1S/C6H8O7.C6H8O2.K/c7-3(8)1-6(13,5(11)12)2-4(9)10;1-2-3-4-5-6(7)8;/h13H,1-2H2,(H,7,8)(H,9,10)(H,11,12);2-5H,1H3,(H,7,8);/q;;+1/p-1. The maximum absolute atomic E-state index is 10.3. The van der Waals surface area contributed by atoms with Gasteiger partial charge in [0.25, 0.3) is 0 Å². The van der Waals surface area contributed by atoms with E-state index in [4.69, 9.17) is 20.4 Å². The second-order valence-corrected chi connectivity index (χ2v) is 3.68. The average Bonchev–Trinajstić information content (AvgIpc) is 2.27. The minimum absolute atomic E-state index is 0. The minimum atomic E-state index is -2.74. The van der Waals surface area contributed by atoms with Gasteiger partial charge in [0.15, 0.2) is 5.60 Å². The second-order valence-electron chi connectivity index (χ2n) is 3.68. The van der Waals surface area contributed by atoms with Crippen LogP contribution in [-0.2, 0) is 19.2 Å². The summed E-state index contributed by atoms with van der Waals surface area (Å²) < 4.78 is 0. The second kappa shape index (κ2) is 13.6. The largest absolute Gasteiger partial charge is 1.00 e. The van der Waals surface area contributed by atoms with Gasteiger partial charge in [0.2, 0.25) is 0 Å². The fourth-order valence-electron chi connectivity index (χ4n) is 0.959. The van der Waals surface area contributed by atoms with Crippen LogP contribution >= 0.6 is 0 Å². The zero-order chi connectivity index (χ0) is 17.1. The molecule has 10 heteroatoms. The van der Waals surface area contributed by atoms with Crippen molar-refractivity contribution in [2.75, 3.05) is 0 Å². The molecule has 0 aromatic carbocycles. The maximum atomic E-state index is 10.3. The van der Waals surface area contributed by atoms with Gasteiger partial charge in [0, 0.05) is 0 Å². The number of allylic oxidation sites excluding steroid dienone is 3. The van der Waals surface area contributed by atoms with Crippen molar-refractivity contribution in [3.8, 4) is 0 Å². The molecule has 0 heterocycles. The van der Waals surface area contributed by atoms with E-state index in [1.165, 1.54) is 6.08 Å². The molecule has 0 saturated carbocycles. The van der Waals surface area contributed by atoms with Gasteiger partial charge < -0.3 is 30.3 Å². The van der Waals surface area contributed by atoms with Crippen molar-refractivity contribution in [3.63, 3.8) is 0 Å². The Labute approximate surface area is 168 Å². The molecule has 0 aromatic heterocycles. The number of carboxylic acids is 4. The van der Waals surface area contributed by atoms with Crippen molar-refractivity contribution < 1.29 is 96.1 Å². The molecule has 0 aromatic rings. The molecular formula is C12H15KO9. The molecule has 0 saturated heterocycles. The van der Waals surface area contributed by atoms with Crippen molar-refractivity contribution in [3.05, 3.63) is 24.3 Å². The van der Waals surface area contributed by atoms with Gasteiger partial charge in [0.05, 0.1) is 18.8 Å². The van der Waals surface area contributed by atoms with E-state index in [0.717, 1.165) is 6.08 Å². The number of hydrogen-bond acceptors (Lipinski definition) is 6. The van der Waals surface area contributed by atoms with Crippen LogP contribution in [0.15, 0.2) is 24.3 Å². The van der Waals surface area contributed by atoms with E-state index in [0.29, 0.717) is 0 Å². The maximum Gasteiger partial charge on any atom is 1.00 e.